The first-order valence-corrected chi connectivity index (χ1v) is 7.36. The van der Waals surface area contributed by atoms with E-state index in [4.69, 9.17) is 9.47 Å². The van der Waals surface area contributed by atoms with Gasteiger partial charge in [-0.3, -0.25) is 0 Å². The fraction of sp³-hybridized carbons (Fsp3) is 0.529. The molecule has 1 aromatic carbocycles. The molecule has 0 fully saturated rings. The topological polar surface area (TPSA) is 22.9 Å². The zero-order valence-corrected chi connectivity index (χ0v) is 12.9. The standard InChI is InChI=1S/C17H25NO2/c1-4-12-18(13-5-2)14-6-7-15-20-17-10-8-16(19-3)9-11-17/h8-11H,4-5,12-15H2,1-3H3/p+1. The molecule has 110 valence electrons. The summed E-state index contributed by atoms with van der Waals surface area (Å²) in [5.74, 6) is 7.96. The number of nitrogens with one attached hydrogen (secondary N) is 1. The number of ether oxygens (including phenoxy) is 2. The zero-order chi connectivity index (χ0) is 14.6. The third kappa shape index (κ3) is 6.49. The normalized spacial score (nSPS) is 10.0. The van der Waals surface area contributed by atoms with Crippen molar-refractivity contribution in [1.82, 2.24) is 0 Å². The lowest BCUT2D eigenvalue weighted by Crippen LogP contribution is -3.11. The lowest BCUT2D eigenvalue weighted by Gasteiger charge is -2.14. The van der Waals surface area contributed by atoms with E-state index < -0.39 is 0 Å². The van der Waals surface area contributed by atoms with E-state index >= 15 is 0 Å². The Bertz CT molecular complexity index is 411. The van der Waals surface area contributed by atoms with E-state index in [1.165, 1.54) is 25.9 Å². The van der Waals surface area contributed by atoms with E-state index in [2.05, 4.69) is 25.7 Å². The number of hydrogen-bond donors (Lipinski definition) is 1. The van der Waals surface area contributed by atoms with Crippen LogP contribution in [-0.4, -0.2) is 33.4 Å². The van der Waals surface area contributed by atoms with Crippen molar-refractivity contribution in [2.75, 3.05) is 33.4 Å². The van der Waals surface area contributed by atoms with Crippen LogP contribution in [0.4, 0.5) is 0 Å². The first-order valence-electron chi connectivity index (χ1n) is 7.36. The first kappa shape index (κ1) is 16.4. The van der Waals surface area contributed by atoms with Crippen LogP contribution in [-0.2, 0) is 0 Å². The van der Waals surface area contributed by atoms with Crippen molar-refractivity contribution in [1.29, 1.82) is 0 Å². The van der Waals surface area contributed by atoms with Crippen LogP contribution in [0, 0.1) is 11.8 Å². The van der Waals surface area contributed by atoms with E-state index in [0.717, 1.165) is 18.0 Å². The minimum Gasteiger partial charge on any atom is -0.497 e. The van der Waals surface area contributed by atoms with Crippen LogP contribution in [0.2, 0.25) is 0 Å². The zero-order valence-electron chi connectivity index (χ0n) is 12.9. The second-order valence-electron chi connectivity index (χ2n) is 4.74. The molecule has 0 radical (unpaired) electrons. The van der Waals surface area contributed by atoms with Crippen LogP contribution in [0.15, 0.2) is 24.3 Å². The third-order valence-electron chi connectivity index (χ3n) is 3.04. The van der Waals surface area contributed by atoms with Gasteiger partial charge in [0.05, 0.1) is 20.2 Å². The van der Waals surface area contributed by atoms with Gasteiger partial charge in [0, 0.05) is 0 Å². The number of rotatable bonds is 8. The summed E-state index contributed by atoms with van der Waals surface area (Å²) in [6.07, 6.45) is 2.42. The fourth-order valence-corrected chi connectivity index (χ4v) is 2.04. The Morgan fingerprint density at radius 1 is 0.950 bits per heavy atom. The Kier molecular flexibility index (Phi) is 8.33. The van der Waals surface area contributed by atoms with Gasteiger partial charge in [0.15, 0.2) is 0 Å². The maximum Gasteiger partial charge on any atom is 0.149 e. The maximum absolute atomic E-state index is 5.57. The number of benzene rings is 1. The van der Waals surface area contributed by atoms with Gasteiger partial charge in [-0.15, -0.1) is 0 Å². The molecule has 0 aliphatic heterocycles. The highest BCUT2D eigenvalue weighted by atomic mass is 16.5. The minimum absolute atomic E-state index is 0.442. The number of quaternary nitrogens is 1. The predicted octanol–water partition coefficient (Wildman–Crippen LogP) is 1.78. The number of hydrogen-bond acceptors (Lipinski definition) is 2. The molecule has 1 rings (SSSR count). The minimum atomic E-state index is 0.442. The smallest absolute Gasteiger partial charge is 0.149 e. The van der Waals surface area contributed by atoms with Gasteiger partial charge in [0.25, 0.3) is 0 Å². The Balaban J connectivity index is 2.30. The molecular formula is C17H26NO2+. The molecule has 0 aliphatic rings. The molecule has 0 saturated heterocycles. The van der Waals surface area contributed by atoms with Gasteiger partial charge in [-0.1, -0.05) is 19.8 Å². The maximum atomic E-state index is 5.57. The molecule has 0 bridgehead atoms. The lowest BCUT2D eigenvalue weighted by atomic mass is 10.3. The van der Waals surface area contributed by atoms with E-state index in [-0.39, 0.29) is 0 Å². The summed E-state index contributed by atoms with van der Waals surface area (Å²) in [6.45, 7) is 8.18. The summed E-state index contributed by atoms with van der Waals surface area (Å²) < 4.78 is 10.7. The van der Waals surface area contributed by atoms with Gasteiger partial charge in [0.1, 0.15) is 24.7 Å². The van der Waals surface area contributed by atoms with E-state index in [0.29, 0.717) is 6.61 Å². The van der Waals surface area contributed by atoms with Crippen LogP contribution in [0.1, 0.15) is 26.7 Å². The van der Waals surface area contributed by atoms with Crippen LogP contribution < -0.4 is 14.4 Å². The molecule has 0 aliphatic carbocycles. The molecule has 0 saturated carbocycles. The monoisotopic (exact) mass is 276 g/mol. The highest BCUT2D eigenvalue weighted by Gasteiger charge is 2.02. The first-order chi connectivity index (χ1) is 9.80. The van der Waals surface area contributed by atoms with Crippen molar-refractivity contribution in [3.63, 3.8) is 0 Å². The molecule has 3 heteroatoms. The Morgan fingerprint density at radius 3 is 2.10 bits per heavy atom. The van der Waals surface area contributed by atoms with Crippen LogP contribution in [0.3, 0.4) is 0 Å². The van der Waals surface area contributed by atoms with Gasteiger partial charge in [0.2, 0.25) is 0 Å². The molecule has 0 heterocycles. The van der Waals surface area contributed by atoms with Gasteiger partial charge >= 0.3 is 0 Å². The molecule has 3 nitrogen and oxygen atoms in total. The molecule has 1 aromatic rings. The van der Waals surface area contributed by atoms with Crippen LogP contribution in [0.25, 0.3) is 0 Å². The molecule has 0 spiro atoms. The van der Waals surface area contributed by atoms with Crippen LogP contribution in [0.5, 0.6) is 11.5 Å². The largest absolute Gasteiger partial charge is 0.497 e. The predicted molar refractivity (Wildman–Crippen MR) is 82.4 cm³/mol. The SMILES string of the molecule is CCC[NH+](CC#CCOc1ccc(OC)cc1)CCC. The summed E-state index contributed by atoms with van der Waals surface area (Å²) >= 11 is 0. The summed E-state index contributed by atoms with van der Waals surface area (Å²) in [6, 6.07) is 7.56. The quantitative estimate of drug-likeness (QED) is 0.732. The molecule has 20 heavy (non-hydrogen) atoms. The van der Waals surface area contributed by atoms with Gasteiger partial charge in [-0.25, -0.2) is 0 Å². The fourth-order valence-electron chi connectivity index (χ4n) is 2.04. The molecule has 0 aromatic heterocycles. The Hall–Kier alpha value is -1.66. The summed E-state index contributed by atoms with van der Waals surface area (Å²) in [5.41, 5.74) is 0. The Labute approximate surface area is 122 Å². The molecular weight excluding hydrogens is 250 g/mol. The summed E-state index contributed by atoms with van der Waals surface area (Å²) in [7, 11) is 1.65. The van der Waals surface area contributed by atoms with Crippen molar-refractivity contribution < 1.29 is 14.4 Å². The highest BCUT2D eigenvalue weighted by Crippen LogP contribution is 2.16. The van der Waals surface area contributed by atoms with Crippen molar-refractivity contribution in [3.8, 4) is 23.3 Å². The second-order valence-corrected chi connectivity index (χ2v) is 4.74. The van der Waals surface area contributed by atoms with E-state index in [9.17, 15) is 0 Å². The lowest BCUT2D eigenvalue weighted by molar-refractivity contribution is -0.892. The molecule has 1 N–H and O–H groups in total. The van der Waals surface area contributed by atoms with Gasteiger partial charge < -0.3 is 14.4 Å². The van der Waals surface area contributed by atoms with Crippen molar-refractivity contribution >= 4 is 0 Å². The molecule has 0 amide bonds. The average molecular weight is 276 g/mol. The van der Waals surface area contributed by atoms with E-state index in [1.807, 2.05) is 24.3 Å². The number of methoxy groups -OCH3 is 1. The van der Waals surface area contributed by atoms with Gasteiger partial charge in [-0.2, -0.15) is 0 Å². The van der Waals surface area contributed by atoms with Crippen molar-refractivity contribution in [2.24, 2.45) is 0 Å². The Morgan fingerprint density at radius 2 is 1.55 bits per heavy atom. The second kappa shape index (κ2) is 10.2. The van der Waals surface area contributed by atoms with Crippen molar-refractivity contribution in [2.45, 2.75) is 26.7 Å². The van der Waals surface area contributed by atoms with Crippen LogP contribution >= 0.6 is 0 Å². The highest BCUT2D eigenvalue weighted by molar-refractivity contribution is 5.31. The third-order valence-corrected chi connectivity index (χ3v) is 3.04. The summed E-state index contributed by atoms with van der Waals surface area (Å²) in [5, 5.41) is 0. The van der Waals surface area contributed by atoms with E-state index in [1.54, 1.807) is 12.0 Å². The van der Waals surface area contributed by atoms with Gasteiger partial charge in [-0.05, 0) is 43.0 Å². The summed E-state index contributed by atoms with van der Waals surface area (Å²) in [4.78, 5) is 1.56. The van der Waals surface area contributed by atoms with Crippen molar-refractivity contribution in [3.05, 3.63) is 24.3 Å². The molecule has 0 atom stereocenters. The average Bonchev–Trinajstić information content (AvgIpc) is 2.48. The molecule has 0 unspecified atom stereocenters.